The summed E-state index contributed by atoms with van der Waals surface area (Å²) in [5.74, 6) is 0.825. The van der Waals surface area contributed by atoms with Crippen molar-refractivity contribution in [2.24, 2.45) is 11.8 Å². The van der Waals surface area contributed by atoms with Gasteiger partial charge in [0, 0.05) is 16.5 Å². The molecule has 2 atom stereocenters. The van der Waals surface area contributed by atoms with Crippen molar-refractivity contribution in [3.63, 3.8) is 0 Å². The first-order chi connectivity index (χ1) is 19.7. The molecular formula is C38H26N2. The van der Waals surface area contributed by atoms with Gasteiger partial charge in [-0.15, -0.1) is 0 Å². The second-order valence-electron chi connectivity index (χ2n) is 11.3. The van der Waals surface area contributed by atoms with Crippen molar-refractivity contribution in [3.05, 3.63) is 131 Å². The van der Waals surface area contributed by atoms with E-state index in [-0.39, 0.29) is 0 Å². The van der Waals surface area contributed by atoms with Crippen LogP contribution < -0.4 is 10.4 Å². The molecule has 2 heterocycles. The van der Waals surface area contributed by atoms with Crippen LogP contribution >= 0.6 is 0 Å². The van der Waals surface area contributed by atoms with Crippen LogP contribution in [-0.4, -0.2) is 9.38 Å². The summed E-state index contributed by atoms with van der Waals surface area (Å²) in [5.41, 5.74) is 8.32. The van der Waals surface area contributed by atoms with Gasteiger partial charge in [0.2, 0.25) is 0 Å². The molecule has 2 aromatic heterocycles. The molecule has 0 amide bonds. The first-order valence-corrected chi connectivity index (χ1v) is 14.1. The van der Waals surface area contributed by atoms with Gasteiger partial charge in [0.25, 0.3) is 0 Å². The summed E-state index contributed by atoms with van der Waals surface area (Å²) in [7, 11) is 0. The number of pyridine rings is 1. The highest BCUT2D eigenvalue weighted by Crippen LogP contribution is 2.36. The molecule has 0 saturated carbocycles. The molecule has 188 valence electrons. The van der Waals surface area contributed by atoms with E-state index in [1.165, 1.54) is 59.6 Å². The normalized spacial score (nSPS) is 18.1. The monoisotopic (exact) mass is 510 g/mol. The first-order valence-electron chi connectivity index (χ1n) is 14.1. The van der Waals surface area contributed by atoms with Crippen LogP contribution in [-0.2, 0) is 0 Å². The molecule has 9 rings (SSSR count). The average molecular weight is 511 g/mol. The van der Waals surface area contributed by atoms with Crippen molar-refractivity contribution in [2.75, 3.05) is 0 Å². The fourth-order valence-electron chi connectivity index (χ4n) is 7.06. The number of imidazole rings is 1. The van der Waals surface area contributed by atoms with Crippen LogP contribution in [0.4, 0.5) is 0 Å². The Morgan fingerprint density at radius 2 is 1.50 bits per heavy atom. The summed E-state index contributed by atoms with van der Waals surface area (Å²) < 4.78 is 2.37. The molecule has 0 saturated heterocycles. The molecule has 2 heteroatoms. The van der Waals surface area contributed by atoms with E-state index in [0.29, 0.717) is 11.8 Å². The van der Waals surface area contributed by atoms with E-state index in [1.54, 1.807) is 0 Å². The smallest absolute Gasteiger partial charge is 0.146 e. The van der Waals surface area contributed by atoms with Crippen molar-refractivity contribution in [3.8, 4) is 11.1 Å². The average Bonchev–Trinajstić information content (AvgIpc) is 3.40. The third-order valence-electron chi connectivity index (χ3n) is 9.01. The van der Waals surface area contributed by atoms with Gasteiger partial charge in [0.1, 0.15) is 5.65 Å². The highest BCUT2D eigenvalue weighted by atomic mass is 15.0. The van der Waals surface area contributed by atoms with Gasteiger partial charge in [0.15, 0.2) is 0 Å². The van der Waals surface area contributed by atoms with E-state index >= 15 is 0 Å². The third kappa shape index (κ3) is 2.96. The minimum Gasteiger partial charge on any atom is -0.292 e. The van der Waals surface area contributed by atoms with Crippen molar-refractivity contribution < 1.29 is 0 Å². The number of allylic oxidation sites excluding steroid dienone is 4. The summed E-state index contributed by atoms with van der Waals surface area (Å²) >= 11 is 0. The minimum atomic E-state index is 0.367. The molecule has 0 spiro atoms. The van der Waals surface area contributed by atoms with Crippen LogP contribution in [0.15, 0.2) is 121 Å². The largest absolute Gasteiger partial charge is 0.292 e. The zero-order valence-electron chi connectivity index (χ0n) is 22.2. The Morgan fingerprint density at radius 1 is 0.700 bits per heavy atom. The zero-order valence-corrected chi connectivity index (χ0v) is 22.2. The predicted molar refractivity (Wildman–Crippen MR) is 169 cm³/mol. The molecule has 0 bridgehead atoms. The standard InChI is InChI=1S/C38H26N2/c1-23-9-8-11-25-20-32-33-21-26(31-19-24-10-2-3-12-27(24)28-13-4-5-14-29(28)31)17-18-36(33)40-37-16-7-6-15-35(37)39-38(40)34(32)22-30(23)25/h2-23,30H,1H3/t23-,30?/m1/s1. The highest BCUT2D eigenvalue weighted by molar-refractivity contribution is 6.14. The lowest BCUT2D eigenvalue weighted by molar-refractivity contribution is 0.614. The van der Waals surface area contributed by atoms with Gasteiger partial charge in [-0.1, -0.05) is 98.0 Å². The zero-order chi connectivity index (χ0) is 26.4. The van der Waals surface area contributed by atoms with E-state index in [2.05, 4.69) is 139 Å². The molecule has 2 nitrogen and oxygen atoms in total. The van der Waals surface area contributed by atoms with Crippen molar-refractivity contribution in [1.29, 1.82) is 0 Å². The quantitative estimate of drug-likeness (QED) is 0.205. The lowest BCUT2D eigenvalue weighted by Crippen LogP contribution is -2.35. The Balaban J connectivity index is 1.45. The molecule has 2 aliphatic rings. The van der Waals surface area contributed by atoms with Crippen LogP contribution in [0.1, 0.15) is 6.92 Å². The second kappa shape index (κ2) is 8.03. The van der Waals surface area contributed by atoms with E-state index in [0.717, 1.165) is 16.7 Å². The molecule has 0 N–H and O–H groups in total. The van der Waals surface area contributed by atoms with Crippen molar-refractivity contribution in [1.82, 2.24) is 9.38 Å². The Morgan fingerprint density at radius 3 is 2.42 bits per heavy atom. The Hall–Kier alpha value is -4.95. The molecule has 0 radical (unpaired) electrons. The fraction of sp³-hybridized carbons (Fsp3) is 0.0789. The number of aromatic nitrogens is 2. The molecule has 0 aliphatic heterocycles. The SMILES string of the molecule is C[C@@H]1C=CC=C2C=c3c(c4nc5ccccc5n4c4ccc(-c5cc6ccccc6c6ccccc56)cc34)=CC21. The van der Waals surface area contributed by atoms with E-state index in [9.17, 15) is 0 Å². The summed E-state index contributed by atoms with van der Waals surface area (Å²) in [6, 6.07) is 35.4. The van der Waals surface area contributed by atoms with E-state index in [4.69, 9.17) is 4.98 Å². The van der Waals surface area contributed by atoms with Crippen LogP contribution in [0.3, 0.4) is 0 Å². The predicted octanol–water partition coefficient (Wildman–Crippen LogP) is 7.94. The maximum atomic E-state index is 5.17. The molecule has 5 aromatic carbocycles. The molecule has 1 unspecified atom stereocenters. The fourth-order valence-corrected chi connectivity index (χ4v) is 7.06. The first kappa shape index (κ1) is 21.9. The Kier molecular flexibility index (Phi) is 4.40. The number of hydrogen-bond donors (Lipinski definition) is 0. The van der Waals surface area contributed by atoms with Crippen LogP contribution in [0.5, 0.6) is 0 Å². The molecule has 7 aromatic rings. The van der Waals surface area contributed by atoms with Crippen molar-refractivity contribution >= 4 is 61.3 Å². The van der Waals surface area contributed by atoms with Gasteiger partial charge in [-0.2, -0.15) is 0 Å². The number of nitrogens with zero attached hydrogens (tertiary/aromatic N) is 2. The van der Waals surface area contributed by atoms with E-state index < -0.39 is 0 Å². The number of para-hydroxylation sites is 2. The van der Waals surface area contributed by atoms with Gasteiger partial charge >= 0.3 is 0 Å². The lowest BCUT2D eigenvalue weighted by Gasteiger charge is -2.25. The van der Waals surface area contributed by atoms with Crippen LogP contribution in [0.25, 0.3) is 72.4 Å². The summed E-state index contributed by atoms with van der Waals surface area (Å²) in [4.78, 5) is 5.17. The number of hydrogen-bond acceptors (Lipinski definition) is 1. The van der Waals surface area contributed by atoms with Gasteiger partial charge in [-0.25, -0.2) is 4.98 Å². The molecule has 0 fully saturated rings. The number of rotatable bonds is 1. The number of fused-ring (bicyclic) bond motifs is 12. The van der Waals surface area contributed by atoms with E-state index in [1.807, 2.05) is 0 Å². The maximum Gasteiger partial charge on any atom is 0.146 e. The van der Waals surface area contributed by atoms with Crippen LogP contribution in [0, 0.1) is 11.8 Å². The van der Waals surface area contributed by atoms with Crippen molar-refractivity contribution in [2.45, 2.75) is 6.92 Å². The second-order valence-corrected chi connectivity index (χ2v) is 11.3. The summed E-state index contributed by atoms with van der Waals surface area (Å²) in [6.45, 7) is 2.31. The van der Waals surface area contributed by atoms with Gasteiger partial charge in [0.05, 0.1) is 16.6 Å². The summed E-state index contributed by atoms with van der Waals surface area (Å²) in [6.07, 6.45) is 11.7. The number of benzene rings is 5. The lowest BCUT2D eigenvalue weighted by atomic mass is 9.79. The summed E-state index contributed by atoms with van der Waals surface area (Å²) in [5, 5.41) is 8.93. The van der Waals surface area contributed by atoms with Gasteiger partial charge in [-0.3, -0.25) is 4.40 Å². The topological polar surface area (TPSA) is 17.3 Å². The molecule has 40 heavy (non-hydrogen) atoms. The Labute approximate surface area is 231 Å². The Bertz CT molecular complexity index is 2400. The van der Waals surface area contributed by atoms with Crippen LogP contribution in [0.2, 0.25) is 0 Å². The minimum absolute atomic E-state index is 0.367. The maximum absolute atomic E-state index is 5.17. The van der Waals surface area contributed by atoms with Gasteiger partial charge < -0.3 is 0 Å². The van der Waals surface area contributed by atoms with Gasteiger partial charge in [-0.05, 0) is 85.8 Å². The highest BCUT2D eigenvalue weighted by Gasteiger charge is 2.23. The molecule has 2 aliphatic carbocycles. The third-order valence-corrected chi connectivity index (χ3v) is 9.01. The molecular weight excluding hydrogens is 484 g/mol.